The number of hydrogen-bond donors (Lipinski definition) is 0. The molecule has 0 spiro atoms. The van der Waals surface area contributed by atoms with Crippen LogP contribution in [-0.2, 0) is 0 Å². The molecule has 0 atom stereocenters. The lowest BCUT2D eigenvalue weighted by atomic mass is 10.1. The predicted octanol–water partition coefficient (Wildman–Crippen LogP) is 5.75. The number of aldehydes is 1. The Kier molecular flexibility index (Phi) is 11.2. The van der Waals surface area contributed by atoms with Crippen LogP contribution in [0.1, 0.15) is 62.7 Å². The second-order valence-corrected chi connectivity index (χ2v) is 5.53. The van der Waals surface area contributed by atoms with Gasteiger partial charge < -0.3 is 9.47 Å². The molecule has 1 aromatic carbocycles. The highest BCUT2D eigenvalue weighted by Gasteiger charge is 2.05. The number of ether oxygens (including phenoxy) is 2. The minimum Gasteiger partial charge on any atom is -0.490 e. The monoisotopic (exact) mass is 330 g/mol. The van der Waals surface area contributed by atoms with E-state index in [1.807, 2.05) is 6.92 Å². The number of hydrogen-bond acceptors (Lipinski definition) is 3. The minimum atomic E-state index is 0.548. The molecular weight excluding hydrogens is 300 g/mol. The van der Waals surface area contributed by atoms with E-state index in [0.717, 1.165) is 25.5 Å². The lowest BCUT2D eigenvalue weighted by Crippen LogP contribution is -2.00. The molecule has 132 valence electrons. The molecule has 0 heterocycles. The second-order valence-electron chi connectivity index (χ2n) is 5.53. The van der Waals surface area contributed by atoms with Gasteiger partial charge in [-0.1, -0.05) is 31.2 Å². The van der Waals surface area contributed by atoms with Crippen LogP contribution in [0.25, 0.3) is 0 Å². The Balaban J connectivity index is 2.23. The van der Waals surface area contributed by atoms with E-state index in [4.69, 9.17) is 9.47 Å². The highest BCUT2D eigenvalue weighted by atomic mass is 16.5. The molecule has 0 bridgehead atoms. The molecule has 0 saturated carbocycles. The van der Waals surface area contributed by atoms with Gasteiger partial charge in [-0.2, -0.15) is 0 Å². The molecule has 1 aromatic rings. The third kappa shape index (κ3) is 8.56. The van der Waals surface area contributed by atoms with E-state index in [0.29, 0.717) is 30.3 Å². The summed E-state index contributed by atoms with van der Waals surface area (Å²) in [6.07, 6.45) is 16.5. The summed E-state index contributed by atoms with van der Waals surface area (Å²) >= 11 is 0. The number of carbonyl (C=O) groups excluding carboxylic acids is 1. The maximum atomic E-state index is 10.8. The van der Waals surface area contributed by atoms with E-state index in [9.17, 15) is 4.79 Å². The van der Waals surface area contributed by atoms with Crippen molar-refractivity contribution in [1.82, 2.24) is 0 Å². The molecule has 3 nitrogen and oxygen atoms in total. The molecule has 0 N–H and O–H groups in total. The highest BCUT2D eigenvalue weighted by molar-refractivity contribution is 5.76. The van der Waals surface area contributed by atoms with Crippen LogP contribution in [-0.4, -0.2) is 19.5 Å². The number of allylic oxidation sites excluding steroid dienone is 3. The molecule has 0 unspecified atom stereocenters. The Bertz CT molecular complexity index is 518. The average Bonchev–Trinajstić information content (AvgIpc) is 2.61. The van der Waals surface area contributed by atoms with Crippen LogP contribution in [0.2, 0.25) is 0 Å². The van der Waals surface area contributed by atoms with Crippen LogP contribution < -0.4 is 9.47 Å². The zero-order valence-corrected chi connectivity index (χ0v) is 15.0. The van der Waals surface area contributed by atoms with Crippen molar-refractivity contribution < 1.29 is 14.3 Å². The van der Waals surface area contributed by atoms with Crippen molar-refractivity contribution in [2.24, 2.45) is 0 Å². The summed E-state index contributed by atoms with van der Waals surface area (Å²) in [4.78, 5) is 10.8. The largest absolute Gasteiger partial charge is 0.490 e. The second kappa shape index (κ2) is 13.4. The quantitative estimate of drug-likeness (QED) is 0.262. The summed E-state index contributed by atoms with van der Waals surface area (Å²) in [5, 5.41) is 0. The number of carbonyl (C=O) groups is 1. The Morgan fingerprint density at radius 2 is 1.58 bits per heavy atom. The molecule has 0 aromatic heterocycles. The summed E-state index contributed by atoms with van der Waals surface area (Å²) in [5.41, 5.74) is 0.597. The van der Waals surface area contributed by atoms with Crippen molar-refractivity contribution in [2.45, 2.75) is 52.4 Å². The van der Waals surface area contributed by atoms with Crippen LogP contribution >= 0.6 is 0 Å². The number of benzene rings is 1. The van der Waals surface area contributed by atoms with Gasteiger partial charge in [0.25, 0.3) is 0 Å². The van der Waals surface area contributed by atoms with Gasteiger partial charge in [-0.15, -0.1) is 0 Å². The zero-order chi connectivity index (χ0) is 17.5. The van der Waals surface area contributed by atoms with Gasteiger partial charge in [0.15, 0.2) is 11.5 Å². The molecular formula is C21H30O3. The maximum Gasteiger partial charge on any atom is 0.161 e. The van der Waals surface area contributed by atoms with E-state index in [1.54, 1.807) is 18.2 Å². The summed E-state index contributed by atoms with van der Waals surface area (Å²) in [5.74, 6) is 1.32. The fourth-order valence-electron chi connectivity index (χ4n) is 2.27. The Hall–Kier alpha value is -2.03. The average molecular weight is 330 g/mol. The standard InChI is InChI=1S/C21H30O3/c1-3-5-6-7-8-9-10-11-12-13-16-24-20-15-14-19(18-22)17-21(20)23-4-2/h5-6,11-12,14-15,17-18H,3-4,7-10,13,16H2,1-2H3/b6-5-,12-11+. The van der Waals surface area contributed by atoms with Crippen molar-refractivity contribution in [3.05, 3.63) is 48.1 Å². The first-order chi connectivity index (χ1) is 11.8. The molecule has 0 amide bonds. The third-order valence-corrected chi connectivity index (χ3v) is 3.51. The van der Waals surface area contributed by atoms with Gasteiger partial charge in [0, 0.05) is 5.56 Å². The number of rotatable bonds is 13. The summed E-state index contributed by atoms with van der Waals surface area (Å²) < 4.78 is 11.3. The van der Waals surface area contributed by atoms with Gasteiger partial charge in [-0.3, -0.25) is 4.79 Å². The molecule has 0 aliphatic carbocycles. The molecule has 0 saturated heterocycles. The molecule has 24 heavy (non-hydrogen) atoms. The van der Waals surface area contributed by atoms with E-state index < -0.39 is 0 Å². The highest BCUT2D eigenvalue weighted by Crippen LogP contribution is 2.28. The SMILES string of the molecule is CC/C=C\CCCC/C=C/CCOc1ccc(C=O)cc1OCC. The van der Waals surface area contributed by atoms with Crippen molar-refractivity contribution in [3.63, 3.8) is 0 Å². The van der Waals surface area contributed by atoms with Crippen molar-refractivity contribution >= 4 is 6.29 Å². The normalized spacial score (nSPS) is 11.2. The molecule has 0 radical (unpaired) electrons. The van der Waals surface area contributed by atoms with Crippen molar-refractivity contribution in [2.75, 3.05) is 13.2 Å². The topological polar surface area (TPSA) is 35.5 Å². The first-order valence-corrected chi connectivity index (χ1v) is 8.96. The minimum absolute atomic E-state index is 0.548. The van der Waals surface area contributed by atoms with Crippen molar-refractivity contribution in [1.29, 1.82) is 0 Å². The van der Waals surface area contributed by atoms with Gasteiger partial charge in [-0.25, -0.2) is 0 Å². The van der Waals surface area contributed by atoms with E-state index >= 15 is 0 Å². The lowest BCUT2D eigenvalue weighted by Gasteiger charge is -2.11. The Labute approximate surface area is 146 Å². The Morgan fingerprint density at radius 3 is 2.25 bits per heavy atom. The fraction of sp³-hybridized carbons (Fsp3) is 0.476. The molecule has 0 fully saturated rings. The lowest BCUT2D eigenvalue weighted by molar-refractivity contribution is 0.112. The van der Waals surface area contributed by atoms with Crippen LogP contribution in [0, 0.1) is 0 Å². The predicted molar refractivity (Wildman–Crippen MR) is 100 cm³/mol. The van der Waals surface area contributed by atoms with Crippen molar-refractivity contribution in [3.8, 4) is 11.5 Å². The Morgan fingerprint density at radius 1 is 0.875 bits per heavy atom. The van der Waals surface area contributed by atoms with Crippen LogP contribution in [0.15, 0.2) is 42.5 Å². The third-order valence-electron chi connectivity index (χ3n) is 3.51. The van der Waals surface area contributed by atoms with Gasteiger partial charge >= 0.3 is 0 Å². The molecule has 0 aliphatic rings. The summed E-state index contributed by atoms with van der Waals surface area (Å²) in [6, 6.07) is 5.25. The molecule has 3 heteroatoms. The van der Waals surface area contributed by atoms with E-state index in [-0.39, 0.29) is 0 Å². The van der Waals surface area contributed by atoms with E-state index in [2.05, 4.69) is 31.2 Å². The van der Waals surface area contributed by atoms with Gasteiger partial charge in [0.05, 0.1) is 13.2 Å². The van der Waals surface area contributed by atoms with E-state index in [1.165, 1.54) is 19.3 Å². The molecule has 0 aliphatic heterocycles. The fourth-order valence-corrected chi connectivity index (χ4v) is 2.27. The van der Waals surface area contributed by atoms with Gasteiger partial charge in [0.1, 0.15) is 6.29 Å². The smallest absolute Gasteiger partial charge is 0.161 e. The summed E-state index contributed by atoms with van der Waals surface area (Å²) in [6.45, 7) is 5.23. The maximum absolute atomic E-state index is 10.8. The number of unbranched alkanes of at least 4 members (excludes halogenated alkanes) is 3. The van der Waals surface area contributed by atoms with Crippen LogP contribution in [0.4, 0.5) is 0 Å². The zero-order valence-electron chi connectivity index (χ0n) is 15.0. The van der Waals surface area contributed by atoms with Gasteiger partial charge in [-0.05, 0) is 63.6 Å². The van der Waals surface area contributed by atoms with Crippen LogP contribution in [0.3, 0.4) is 0 Å². The summed E-state index contributed by atoms with van der Waals surface area (Å²) in [7, 11) is 0. The molecule has 1 rings (SSSR count). The first-order valence-electron chi connectivity index (χ1n) is 8.96. The first kappa shape index (κ1) is 20.0. The van der Waals surface area contributed by atoms with Crippen LogP contribution in [0.5, 0.6) is 11.5 Å². The van der Waals surface area contributed by atoms with Gasteiger partial charge in [0.2, 0.25) is 0 Å².